The number of H-pyrrole nitrogens is 2. The quantitative estimate of drug-likeness (QED) is 0.374. The third kappa shape index (κ3) is 4.54. The van der Waals surface area contributed by atoms with Gasteiger partial charge in [-0.05, 0) is 56.2 Å². The third-order valence-corrected chi connectivity index (χ3v) is 8.20. The van der Waals surface area contributed by atoms with Gasteiger partial charge in [-0.25, -0.2) is 13.2 Å². The maximum Gasteiger partial charge on any atom is 0.326 e. The fourth-order valence-corrected chi connectivity index (χ4v) is 6.29. The number of nitrogens with zero attached hydrogens (tertiary/aromatic N) is 2. The average Bonchev–Trinajstić information content (AvgIpc) is 3.20. The first-order valence-electron chi connectivity index (χ1n) is 11.4. The number of nitrogens with one attached hydrogen (secondary N) is 2. The number of aromatic hydroxyl groups is 1. The normalized spacial score (nSPS) is 17.0. The molecule has 35 heavy (non-hydrogen) atoms. The first-order chi connectivity index (χ1) is 16.8. The molecule has 0 saturated carbocycles. The average molecular weight is 495 g/mol. The number of sulfonamides is 1. The summed E-state index contributed by atoms with van der Waals surface area (Å²) in [6.45, 7) is 2.56. The van der Waals surface area contributed by atoms with E-state index in [1.165, 1.54) is 16.4 Å². The van der Waals surface area contributed by atoms with Crippen LogP contribution in [0.25, 0.3) is 10.9 Å². The van der Waals surface area contributed by atoms with E-state index in [0.717, 1.165) is 28.6 Å². The molecule has 4 aromatic rings. The van der Waals surface area contributed by atoms with Crippen molar-refractivity contribution in [3.63, 3.8) is 0 Å². The Morgan fingerprint density at radius 2 is 1.89 bits per heavy atom. The number of para-hydroxylation sites is 1. The van der Waals surface area contributed by atoms with E-state index in [0.29, 0.717) is 31.7 Å². The number of hydrogen-bond donors (Lipinski definition) is 3. The Balaban J connectivity index is 1.36. The van der Waals surface area contributed by atoms with Crippen molar-refractivity contribution in [2.75, 3.05) is 6.54 Å². The summed E-state index contributed by atoms with van der Waals surface area (Å²) in [5, 5.41) is 11.1. The summed E-state index contributed by atoms with van der Waals surface area (Å²) in [4.78, 5) is 21.1. The maximum absolute atomic E-state index is 13.5. The van der Waals surface area contributed by atoms with Gasteiger partial charge in [0, 0.05) is 23.2 Å². The van der Waals surface area contributed by atoms with Gasteiger partial charge in [-0.3, -0.25) is 9.97 Å². The number of piperidine rings is 1. The van der Waals surface area contributed by atoms with Crippen LogP contribution in [0, 0.1) is 6.92 Å². The zero-order valence-corrected chi connectivity index (χ0v) is 20.0. The van der Waals surface area contributed by atoms with E-state index in [1.54, 1.807) is 12.1 Å². The molecule has 1 unspecified atom stereocenters. The minimum atomic E-state index is -3.86. The van der Waals surface area contributed by atoms with E-state index >= 15 is 0 Å². The lowest BCUT2D eigenvalue weighted by molar-refractivity contribution is 0.246. The van der Waals surface area contributed by atoms with Crippen molar-refractivity contribution in [2.45, 2.75) is 43.7 Å². The Morgan fingerprint density at radius 1 is 1.11 bits per heavy atom. The molecule has 0 amide bonds. The van der Waals surface area contributed by atoms with Crippen LogP contribution >= 0.6 is 0 Å². The van der Waals surface area contributed by atoms with Crippen molar-refractivity contribution in [1.82, 2.24) is 19.3 Å². The van der Waals surface area contributed by atoms with E-state index in [1.807, 2.05) is 37.3 Å². The second-order valence-electron chi connectivity index (χ2n) is 8.67. The molecule has 3 N–H and O–H groups in total. The van der Waals surface area contributed by atoms with Crippen LogP contribution in [0.3, 0.4) is 0 Å². The topological polar surface area (TPSA) is 128 Å². The number of aromatic nitrogens is 3. The fraction of sp³-hybridized carbons (Fsp3) is 0.280. The smallest absolute Gasteiger partial charge is 0.326 e. The zero-order valence-electron chi connectivity index (χ0n) is 19.2. The predicted octanol–water partition coefficient (Wildman–Crippen LogP) is 3.76. The molecule has 5 rings (SSSR count). The SMILES string of the molecule is Cc1cc(COc2ccc(S(=O)(=O)N3CCCCC3c3[nH]c(=O)[nH]c3O)cc2)c2ccccc2n1. The molecule has 3 heterocycles. The first-order valence-corrected chi connectivity index (χ1v) is 12.9. The predicted molar refractivity (Wildman–Crippen MR) is 131 cm³/mol. The molecule has 9 nitrogen and oxygen atoms in total. The molecule has 1 aliphatic rings. The molecular formula is C25H26N4O5S. The van der Waals surface area contributed by atoms with Gasteiger partial charge < -0.3 is 14.8 Å². The molecule has 2 aromatic heterocycles. The number of rotatable bonds is 6. The van der Waals surface area contributed by atoms with Crippen molar-refractivity contribution in [3.8, 4) is 11.6 Å². The van der Waals surface area contributed by atoms with Gasteiger partial charge >= 0.3 is 5.69 Å². The molecule has 10 heteroatoms. The lowest BCUT2D eigenvalue weighted by Crippen LogP contribution is -2.38. The Kier molecular flexibility index (Phi) is 6.08. The number of ether oxygens (including phenoxy) is 1. The van der Waals surface area contributed by atoms with E-state index in [-0.39, 0.29) is 16.5 Å². The van der Waals surface area contributed by atoms with E-state index < -0.39 is 21.8 Å². The molecule has 0 spiro atoms. The molecule has 0 bridgehead atoms. The van der Waals surface area contributed by atoms with Crippen LogP contribution < -0.4 is 10.4 Å². The van der Waals surface area contributed by atoms with Crippen LogP contribution in [0.1, 0.15) is 42.3 Å². The van der Waals surface area contributed by atoms with Crippen LogP contribution in [-0.2, 0) is 16.6 Å². The number of benzene rings is 2. The maximum atomic E-state index is 13.5. The van der Waals surface area contributed by atoms with Crippen LogP contribution in [-0.4, -0.2) is 39.3 Å². The minimum absolute atomic E-state index is 0.124. The molecule has 1 fully saturated rings. The van der Waals surface area contributed by atoms with Crippen molar-refractivity contribution in [2.24, 2.45) is 0 Å². The van der Waals surface area contributed by atoms with Gasteiger partial charge in [0.05, 0.1) is 22.1 Å². The second-order valence-corrected chi connectivity index (χ2v) is 10.6. The molecule has 0 aliphatic carbocycles. The van der Waals surface area contributed by atoms with E-state index in [2.05, 4.69) is 15.0 Å². The Hall–Kier alpha value is -3.63. The van der Waals surface area contributed by atoms with Crippen molar-refractivity contribution in [3.05, 3.63) is 82.0 Å². The Bertz CT molecular complexity index is 1530. The number of fused-ring (bicyclic) bond motifs is 1. The second kappa shape index (κ2) is 9.20. The summed E-state index contributed by atoms with van der Waals surface area (Å²) < 4.78 is 34.2. The summed E-state index contributed by atoms with van der Waals surface area (Å²) in [7, 11) is -3.86. The molecule has 2 aromatic carbocycles. The van der Waals surface area contributed by atoms with Gasteiger partial charge in [0.25, 0.3) is 0 Å². The highest BCUT2D eigenvalue weighted by Gasteiger charge is 2.36. The molecule has 182 valence electrons. The van der Waals surface area contributed by atoms with Gasteiger partial charge in [0.1, 0.15) is 12.4 Å². The van der Waals surface area contributed by atoms with E-state index in [4.69, 9.17) is 4.74 Å². The minimum Gasteiger partial charge on any atom is -0.493 e. The summed E-state index contributed by atoms with van der Waals surface area (Å²) >= 11 is 0. The molecule has 1 aliphatic heterocycles. The van der Waals surface area contributed by atoms with Crippen molar-refractivity contribution < 1.29 is 18.3 Å². The zero-order chi connectivity index (χ0) is 24.6. The van der Waals surface area contributed by atoms with Crippen molar-refractivity contribution >= 4 is 20.9 Å². The summed E-state index contributed by atoms with van der Waals surface area (Å²) in [6, 6.07) is 15.5. The van der Waals surface area contributed by atoms with Crippen molar-refractivity contribution in [1.29, 1.82) is 0 Å². The number of aryl methyl sites for hydroxylation is 1. The van der Waals surface area contributed by atoms with Gasteiger partial charge in [-0.15, -0.1) is 0 Å². The third-order valence-electron chi connectivity index (χ3n) is 6.28. The first kappa shape index (κ1) is 23.1. The van der Waals surface area contributed by atoms with Gasteiger partial charge in [0.2, 0.25) is 15.9 Å². The van der Waals surface area contributed by atoms with Crippen LogP contribution in [0.4, 0.5) is 0 Å². The fourth-order valence-electron chi connectivity index (χ4n) is 4.63. The Labute approximate surface area is 202 Å². The number of imidazole rings is 1. The standard InChI is InChI=1S/C25H26N4O5S/c1-16-14-17(20-6-2-3-7-21(20)26-16)15-34-18-9-11-19(12-10-18)35(32,33)29-13-5-4-8-22(29)23-24(30)28-25(31)27-23/h2-3,6-7,9-12,14,22,30H,4-5,8,13,15H2,1H3,(H2,27,28,31). The Morgan fingerprint density at radius 3 is 2.63 bits per heavy atom. The summed E-state index contributed by atoms with van der Waals surface area (Å²) in [5.41, 5.74) is 2.42. The number of pyridine rings is 1. The molecular weight excluding hydrogens is 468 g/mol. The van der Waals surface area contributed by atoms with Gasteiger partial charge in [-0.2, -0.15) is 4.31 Å². The lowest BCUT2D eigenvalue weighted by atomic mass is 10.0. The van der Waals surface area contributed by atoms with Crippen LogP contribution in [0.15, 0.2) is 64.3 Å². The summed E-state index contributed by atoms with van der Waals surface area (Å²) in [6.07, 6.45) is 1.99. The van der Waals surface area contributed by atoms with Gasteiger partial charge in [-0.1, -0.05) is 24.6 Å². The monoisotopic (exact) mass is 494 g/mol. The van der Waals surface area contributed by atoms with Gasteiger partial charge in [0.15, 0.2) is 0 Å². The highest BCUT2D eigenvalue weighted by molar-refractivity contribution is 7.89. The van der Waals surface area contributed by atoms with E-state index in [9.17, 15) is 18.3 Å². The molecule has 1 saturated heterocycles. The van der Waals surface area contributed by atoms with Crippen LogP contribution in [0.2, 0.25) is 0 Å². The highest BCUT2D eigenvalue weighted by atomic mass is 32.2. The summed E-state index contributed by atoms with van der Waals surface area (Å²) in [5.74, 6) is 0.218. The largest absolute Gasteiger partial charge is 0.493 e. The number of aromatic amines is 2. The van der Waals surface area contributed by atoms with Crippen LogP contribution in [0.5, 0.6) is 11.6 Å². The molecule has 0 radical (unpaired) electrons. The molecule has 1 atom stereocenters. The lowest BCUT2D eigenvalue weighted by Gasteiger charge is -2.34. The highest BCUT2D eigenvalue weighted by Crippen LogP contribution is 2.37. The number of hydrogen-bond acceptors (Lipinski definition) is 6.